The van der Waals surface area contributed by atoms with E-state index in [2.05, 4.69) is 17.0 Å². The summed E-state index contributed by atoms with van der Waals surface area (Å²) in [7, 11) is 0. The van der Waals surface area contributed by atoms with Crippen LogP contribution in [0, 0.1) is 5.92 Å². The average Bonchev–Trinajstić information content (AvgIpc) is 2.84. The van der Waals surface area contributed by atoms with Crippen LogP contribution in [0.15, 0.2) is 18.2 Å². The highest BCUT2D eigenvalue weighted by Crippen LogP contribution is 2.40. The molecule has 3 rings (SSSR count). The number of likely N-dealkylation sites (tertiary alicyclic amines) is 1. The molecule has 0 spiro atoms. The number of rotatable bonds is 2. The Hall–Kier alpha value is -0.570. The fraction of sp³-hybridized carbons (Fsp3) is 0.625. The van der Waals surface area contributed by atoms with Gasteiger partial charge in [0.1, 0.15) is 0 Å². The molecule has 104 valence electrons. The summed E-state index contributed by atoms with van der Waals surface area (Å²) >= 11 is 6.29. The van der Waals surface area contributed by atoms with Crippen molar-refractivity contribution in [1.82, 2.24) is 4.90 Å². The number of hydrogen-bond donors (Lipinski definition) is 1. The molecule has 1 aromatic rings. The number of hydrogen-bond acceptors (Lipinski definition) is 2. The van der Waals surface area contributed by atoms with Crippen LogP contribution in [0.5, 0.6) is 0 Å². The van der Waals surface area contributed by atoms with E-state index in [1.807, 2.05) is 13.0 Å². The highest BCUT2D eigenvalue weighted by Gasteiger charge is 2.33. The third-order valence-electron chi connectivity index (χ3n) is 4.79. The summed E-state index contributed by atoms with van der Waals surface area (Å²) < 4.78 is 0. The van der Waals surface area contributed by atoms with Gasteiger partial charge < -0.3 is 5.11 Å². The molecule has 0 radical (unpaired) electrons. The van der Waals surface area contributed by atoms with Crippen LogP contribution in [0.1, 0.15) is 43.4 Å². The fourth-order valence-electron chi connectivity index (χ4n) is 3.68. The third kappa shape index (κ3) is 2.54. The molecule has 1 aromatic carbocycles. The summed E-state index contributed by atoms with van der Waals surface area (Å²) in [6.45, 7) is 4.10. The lowest BCUT2D eigenvalue weighted by Crippen LogP contribution is -2.41. The van der Waals surface area contributed by atoms with Crippen LogP contribution in [-0.4, -0.2) is 29.2 Å². The van der Waals surface area contributed by atoms with E-state index in [1.165, 1.54) is 24.0 Å². The topological polar surface area (TPSA) is 23.5 Å². The molecule has 1 N–H and O–H groups in total. The van der Waals surface area contributed by atoms with Crippen molar-refractivity contribution in [3.8, 4) is 0 Å². The second-order valence-corrected chi connectivity index (χ2v) is 6.41. The monoisotopic (exact) mass is 279 g/mol. The van der Waals surface area contributed by atoms with Crippen molar-refractivity contribution in [2.24, 2.45) is 5.92 Å². The number of aliphatic hydroxyl groups excluding tert-OH is 1. The molecule has 3 unspecified atom stereocenters. The minimum Gasteiger partial charge on any atom is -0.393 e. The lowest BCUT2D eigenvalue weighted by atomic mass is 9.91. The first kappa shape index (κ1) is 13.4. The smallest absolute Gasteiger partial charge is 0.0552 e. The fourth-order valence-corrected chi connectivity index (χ4v) is 3.96. The van der Waals surface area contributed by atoms with Gasteiger partial charge in [-0.25, -0.2) is 0 Å². The highest BCUT2D eigenvalue weighted by atomic mass is 35.5. The van der Waals surface area contributed by atoms with Crippen LogP contribution in [0.25, 0.3) is 0 Å². The maximum Gasteiger partial charge on any atom is 0.0552 e. The first-order valence-electron chi connectivity index (χ1n) is 7.36. The van der Waals surface area contributed by atoms with Gasteiger partial charge in [-0.1, -0.05) is 23.7 Å². The Bertz CT molecular complexity index is 460. The molecule has 3 heteroatoms. The van der Waals surface area contributed by atoms with Crippen molar-refractivity contribution < 1.29 is 5.11 Å². The van der Waals surface area contributed by atoms with E-state index in [9.17, 15) is 5.11 Å². The van der Waals surface area contributed by atoms with Gasteiger partial charge in [-0.3, -0.25) is 4.90 Å². The number of aliphatic hydroxyl groups is 1. The second kappa shape index (κ2) is 5.43. The first-order valence-corrected chi connectivity index (χ1v) is 7.74. The second-order valence-electron chi connectivity index (χ2n) is 6.00. The van der Waals surface area contributed by atoms with E-state index in [0.29, 0.717) is 12.0 Å². The number of piperidine rings is 1. The van der Waals surface area contributed by atoms with Crippen LogP contribution in [-0.2, 0) is 6.42 Å². The van der Waals surface area contributed by atoms with Gasteiger partial charge in [0.25, 0.3) is 0 Å². The van der Waals surface area contributed by atoms with E-state index in [0.717, 1.165) is 31.0 Å². The van der Waals surface area contributed by atoms with Crippen molar-refractivity contribution in [3.63, 3.8) is 0 Å². The Morgan fingerprint density at radius 1 is 1.37 bits per heavy atom. The molecule has 0 saturated carbocycles. The molecule has 1 fully saturated rings. The van der Waals surface area contributed by atoms with Crippen molar-refractivity contribution in [2.45, 2.75) is 44.8 Å². The van der Waals surface area contributed by atoms with Gasteiger partial charge in [-0.2, -0.15) is 0 Å². The Morgan fingerprint density at radius 2 is 2.21 bits per heavy atom. The van der Waals surface area contributed by atoms with Gasteiger partial charge in [0.05, 0.1) is 6.10 Å². The lowest BCUT2D eigenvalue weighted by Gasteiger charge is -2.38. The SMILES string of the molecule is CC(O)C1CCCN(C2CCc3c(Cl)cccc32)C1. The highest BCUT2D eigenvalue weighted by molar-refractivity contribution is 6.31. The first-order chi connectivity index (χ1) is 9.16. The van der Waals surface area contributed by atoms with Crippen LogP contribution in [0.3, 0.4) is 0 Å². The zero-order valence-electron chi connectivity index (χ0n) is 11.5. The molecule has 1 aliphatic heterocycles. The van der Waals surface area contributed by atoms with Crippen LogP contribution in [0.4, 0.5) is 0 Å². The maximum absolute atomic E-state index is 9.83. The van der Waals surface area contributed by atoms with Gasteiger partial charge >= 0.3 is 0 Å². The van der Waals surface area contributed by atoms with Gasteiger partial charge in [0, 0.05) is 17.6 Å². The summed E-state index contributed by atoms with van der Waals surface area (Å²) in [6.07, 6.45) is 4.43. The van der Waals surface area contributed by atoms with Gasteiger partial charge in [0.2, 0.25) is 0 Å². The Kier molecular flexibility index (Phi) is 3.84. The van der Waals surface area contributed by atoms with E-state index in [1.54, 1.807) is 0 Å². The lowest BCUT2D eigenvalue weighted by molar-refractivity contribution is 0.0438. The minimum absolute atomic E-state index is 0.192. The molecule has 3 atom stereocenters. The Balaban J connectivity index is 1.80. The largest absolute Gasteiger partial charge is 0.393 e. The average molecular weight is 280 g/mol. The number of fused-ring (bicyclic) bond motifs is 1. The molecule has 1 aliphatic carbocycles. The summed E-state index contributed by atoms with van der Waals surface area (Å²) in [5.74, 6) is 0.428. The zero-order valence-corrected chi connectivity index (χ0v) is 12.2. The molecule has 0 aromatic heterocycles. The van der Waals surface area contributed by atoms with Gasteiger partial charge in [-0.05, 0) is 62.3 Å². The summed E-state index contributed by atoms with van der Waals surface area (Å²) in [6, 6.07) is 6.80. The standard InChI is InChI=1S/C16H22ClNO/c1-11(19)12-4-3-9-18(10-12)16-8-7-13-14(16)5-2-6-15(13)17/h2,5-6,11-12,16,19H,3-4,7-10H2,1H3. The van der Waals surface area contributed by atoms with E-state index >= 15 is 0 Å². The molecular formula is C16H22ClNO. The molecule has 0 amide bonds. The number of halogens is 1. The predicted molar refractivity (Wildman–Crippen MR) is 78.5 cm³/mol. The summed E-state index contributed by atoms with van der Waals surface area (Å²) in [5, 5.41) is 10.7. The van der Waals surface area contributed by atoms with Crippen molar-refractivity contribution >= 4 is 11.6 Å². The zero-order chi connectivity index (χ0) is 13.4. The third-order valence-corrected chi connectivity index (χ3v) is 5.15. The molecule has 1 saturated heterocycles. The molecule has 2 nitrogen and oxygen atoms in total. The van der Waals surface area contributed by atoms with Gasteiger partial charge in [0.15, 0.2) is 0 Å². The van der Waals surface area contributed by atoms with Crippen molar-refractivity contribution in [1.29, 1.82) is 0 Å². The molecule has 1 heterocycles. The molecule has 2 aliphatic rings. The quantitative estimate of drug-likeness (QED) is 0.897. The predicted octanol–water partition coefficient (Wildman–Crippen LogP) is 3.42. The summed E-state index contributed by atoms with van der Waals surface area (Å²) in [5.41, 5.74) is 2.76. The van der Waals surface area contributed by atoms with E-state index < -0.39 is 0 Å². The number of nitrogens with zero attached hydrogens (tertiary/aromatic N) is 1. The molecule has 19 heavy (non-hydrogen) atoms. The summed E-state index contributed by atoms with van der Waals surface area (Å²) in [4.78, 5) is 2.56. The Labute approximate surface area is 120 Å². The minimum atomic E-state index is -0.192. The van der Waals surface area contributed by atoms with Crippen LogP contribution >= 0.6 is 11.6 Å². The maximum atomic E-state index is 9.83. The van der Waals surface area contributed by atoms with Crippen LogP contribution in [0.2, 0.25) is 5.02 Å². The molecule has 0 bridgehead atoms. The van der Waals surface area contributed by atoms with Crippen LogP contribution < -0.4 is 0 Å². The molecular weight excluding hydrogens is 258 g/mol. The van der Waals surface area contributed by atoms with Crippen molar-refractivity contribution in [2.75, 3.05) is 13.1 Å². The Morgan fingerprint density at radius 3 is 3.00 bits per heavy atom. The van der Waals surface area contributed by atoms with E-state index in [4.69, 9.17) is 11.6 Å². The normalized spacial score (nSPS) is 29.2. The van der Waals surface area contributed by atoms with E-state index in [-0.39, 0.29) is 6.10 Å². The number of benzene rings is 1. The van der Waals surface area contributed by atoms with Crippen molar-refractivity contribution in [3.05, 3.63) is 34.3 Å². The van der Waals surface area contributed by atoms with Gasteiger partial charge in [-0.15, -0.1) is 0 Å².